The Kier molecular flexibility index (Phi) is 6.41. The highest BCUT2D eigenvalue weighted by atomic mass is 19.1. The molecule has 10 heteroatoms. The van der Waals surface area contributed by atoms with Crippen LogP contribution >= 0.6 is 0 Å². The van der Waals surface area contributed by atoms with Gasteiger partial charge in [0.05, 0.1) is 17.6 Å². The van der Waals surface area contributed by atoms with Gasteiger partial charge in [-0.2, -0.15) is 10.1 Å². The van der Waals surface area contributed by atoms with Crippen molar-refractivity contribution in [1.29, 1.82) is 0 Å². The lowest BCUT2D eigenvalue weighted by Gasteiger charge is -2.24. The Bertz CT molecular complexity index is 1130. The molecule has 1 saturated heterocycles. The molecule has 9 nitrogen and oxygen atoms in total. The lowest BCUT2D eigenvalue weighted by Crippen LogP contribution is -2.16. The van der Waals surface area contributed by atoms with Gasteiger partial charge in [0.2, 0.25) is 11.9 Å². The second kappa shape index (κ2) is 9.56. The zero-order valence-electron chi connectivity index (χ0n) is 17.6. The first-order valence-electron chi connectivity index (χ1n) is 10.2. The number of amides is 1. The molecule has 0 atom stereocenters. The van der Waals surface area contributed by atoms with Gasteiger partial charge >= 0.3 is 0 Å². The van der Waals surface area contributed by atoms with Crippen LogP contribution in [0.1, 0.15) is 24.3 Å². The predicted molar refractivity (Wildman–Crippen MR) is 120 cm³/mol. The van der Waals surface area contributed by atoms with Gasteiger partial charge in [-0.25, -0.2) is 9.37 Å². The number of halogens is 1. The van der Waals surface area contributed by atoms with Crippen molar-refractivity contribution in [2.45, 2.75) is 18.8 Å². The third-order valence-corrected chi connectivity index (χ3v) is 5.11. The first-order chi connectivity index (χ1) is 15.5. The fourth-order valence-corrected chi connectivity index (χ4v) is 3.49. The quantitative estimate of drug-likeness (QED) is 0.482. The first-order valence-corrected chi connectivity index (χ1v) is 10.2. The normalized spacial score (nSPS) is 14.1. The van der Waals surface area contributed by atoms with Crippen LogP contribution in [-0.2, 0) is 16.6 Å². The third-order valence-electron chi connectivity index (χ3n) is 5.11. The van der Waals surface area contributed by atoms with Gasteiger partial charge in [0.25, 0.3) is 0 Å². The lowest BCUT2D eigenvalue weighted by molar-refractivity contribution is -0.111. The molecule has 166 valence electrons. The maximum Gasteiger partial charge on any atom is 0.247 e. The molecule has 1 aromatic carbocycles. The van der Waals surface area contributed by atoms with Gasteiger partial charge in [-0.3, -0.25) is 9.48 Å². The zero-order valence-corrected chi connectivity index (χ0v) is 17.6. The monoisotopic (exact) mass is 437 g/mol. The summed E-state index contributed by atoms with van der Waals surface area (Å²) < 4.78 is 21.8. The highest BCUT2D eigenvalue weighted by Gasteiger charge is 2.22. The molecule has 1 aliphatic heterocycles. The largest absolute Gasteiger partial charge is 0.381 e. The number of rotatable bonds is 7. The van der Waals surface area contributed by atoms with Crippen molar-refractivity contribution in [3.05, 3.63) is 60.8 Å². The number of hydrogen-bond donors (Lipinski definition) is 3. The molecule has 3 heterocycles. The topological polar surface area (TPSA) is 106 Å². The van der Waals surface area contributed by atoms with Crippen molar-refractivity contribution in [2.24, 2.45) is 7.05 Å². The molecule has 1 amide bonds. The van der Waals surface area contributed by atoms with E-state index in [1.54, 1.807) is 23.3 Å². The Morgan fingerprint density at radius 1 is 1.25 bits per heavy atom. The smallest absolute Gasteiger partial charge is 0.247 e. The number of hydrogen-bond acceptors (Lipinski definition) is 7. The van der Waals surface area contributed by atoms with Crippen molar-refractivity contribution >= 4 is 34.7 Å². The van der Waals surface area contributed by atoms with E-state index < -0.39 is 5.82 Å². The van der Waals surface area contributed by atoms with E-state index in [9.17, 15) is 9.18 Å². The number of ether oxygens (including phenoxy) is 1. The van der Waals surface area contributed by atoms with Crippen LogP contribution in [0.3, 0.4) is 0 Å². The van der Waals surface area contributed by atoms with Crippen molar-refractivity contribution in [3.8, 4) is 0 Å². The van der Waals surface area contributed by atoms with Crippen LogP contribution < -0.4 is 16.0 Å². The maximum absolute atomic E-state index is 14.6. The molecule has 0 saturated carbocycles. The molecule has 32 heavy (non-hydrogen) atoms. The molecule has 1 fully saturated rings. The minimum Gasteiger partial charge on any atom is -0.381 e. The van der Waals surface area contributed by atoms with Gasteiger partial charge in [0.1, 0.15) is 11.6 Å². The minimum atomic E-state index is -0.472. The molecule has 3 N–H and O–H groups in total. The number of benzene rings is 1. The maximum atomic E-state index is 14.6. The number of nitrogens with one attached hydrogen (secondary N) is 3. The highest BCUT2D eigenvalue weighted by Crippen LogP contribution is 2.34. The molecule has 0 aliphatic carbocycles. The zero-order chi connectivity index (χ0) is 22.5. The third kappa shape index (κ3) is 5.09. The van der Waals surface area contributed by atoms with E-state index in [1.807, 2.05) is 7.05 Å². The summed E-state index contributed by atoms with van der Waals surface area (Å²) in [5, 5.41) is 13.0. The average molecular weight is 437 g/mol. The molecule has 3 aromatic rings. The Morgan fingerprint density at radius 3 is 2.78 bits per heavy atom. The van der Waals surface area contributed by atoms with Gasteiger partial charge < -0.3 is 20.7 Å². The number of nitrogens with zero attached hydrogens (tertiary/aromatic N) is 4. The molecule has 1 aliphatic rings. The Morgan fingerprint density at radius 2 is 2.06 bits per heavy atom. The Labute approximate surface area is 184 Å². The van der Waals surface area contributed by atoms with Crippen LogP contribution in [0.2, 0.25) is 0 Å². The molecular formula is C22H24FN7O2. The Hall–Kier alpha value is -3.79. The van der Waals surface area contributed by atoms with E-state index in [2.05, 4.69) is 37.6 Å². The summed E-state index contributed by atoms with van der Waals surface area (Å²) in [6.07, 6.45) is 8.02. The predicted octanol–water partition coefficient (Wildman–Crippen LogP) is 3.85. The number of anilines is 5. The number of aromatic nitrogens is 4. The van der Waals surface area contributed by atoms with E-state index in [1.165, 1.54) is 18.2 Å². The second-order valence-corrected chi connectivity index (χ2v) is 7.42. The SMILES string of the molecule is C=CC(=O)Nc1ccc(F)c(Nc2nc(Nc3cnn(C)c3)ncc2C2CCOCC2)c1. The van der Waals surface area contributed by atoms with Crippen LogP contribution in [0.4, 0.5) is 33.2 Å². The molecule has 0 radical (unpaired) electrons. The number of carbonyl (C=O) groups excluding carboxylic acids is 1. The van der Waals surface area contributed by atoms with Gasteiger partial charge in [-0.15, -0.1) is 0 Å². The summed E-state index contributed by atoms with van der Waals surface area (Å²) in [6, 6.07) is 4.28. The van der Waals surface area contributed by atoms with Crippen LogP contribution in [0.15, 0.2) is 49.4 Å². The Balaban J connectivity index is 1.66. The fraction of sp³-hybridized carbons (Fsp3) is 0.273. The molecule has 0 spiro atoms. The standard InChI is InChI=1S/C22H24FN7O2/c1-3-20(31)26-15-4-5-18(23)19(10-15)28-21-17(14-6-8-32-9-7-14)12-24-22(29-21)27-16-11-25-30(2)13-16/h3-5,10-14H,1,6-9H2,2H3,(H,26,31)(H2,24,27,28,29). The van der Waals surface area contributed by atoms with Crippen molar-refractivity contribution in [2.75, 3.05) is 29.2 Å². The van der Waals surface area contributed by atoms with E-state index in [0.29, 0.717) is 30.7 Å². The number of carbonyl (C=O) groups is 1. The van der Waals surface area contributed by atoms with Crippen molar-refractivity contribution in [3.63, 3.8) is 0 Å². The second-order valence-electron chi connectivity index (χ2n) is 7.42. The summed E-state index contributed by atoms with van der Waals surface area (Å²) in [4.78, 5) is 20.7. The minimum absolute atomic E-state index is 0.186. The molecule has 4 rings (SSSR count). The summed E-state index contributed by atoms with van der Waals surface area (Å²) in [5.41, 5.74) is 2.24. The first kappa shape index (κ1) is 21.4. The van der Waals surface area contributed by atoms with Crippen LogP contribution in [0.25, 0.3) is 0 Å². The summed E-state index contributed by atoms with van der Waals surface area (Å²) in [6.45, 7) is 4.73. The van der Waals surface area contributed by atoms with Crippen LogP contribution in [-0.4, -0.2) is 38.9 Å². The van der Waals surface area contributed by atoms with Gasteiger partial charge in [-0.05, 0) is 43.0 Å². The molecule has 0 bridgehead atoms. The van der Waals surface area contributed by atoms with Gasteiger partial charge in [0.15, 0.2) is 0 Å². The summed E-state index contributed by atoms with van der Waals surface area (Å²) in [5.74, 6) is 0.179. The summed E-state index contributed by atoms with van der Waals surface area (Å²) in [7, 11) is 1.81. The van der Waals surface area contributed by atoms with E-state index in [-0.39, 0.29) is 17.5 Å². The van der Waals surface area contributed by atoms with Gasteiger partial charge in [0, 0.05) is 43.9 Å². The van der Waals surface area contributed by atoms with E-state index in [0.717, 1.165) is 30.2 Å². The molecular weight excluding hydrogens is 413 g/mol. The van der Waals surface area contributed by atoms with Crippen molar-refractivity contribution in [1.82, 2.24) is 19.7 Å². The van der Waals surface area contributed by atoms with Crippen LogP contribution in [0.5, 0.6) is 0 Å². The number of aryl methyl sites for hydroxylation is 1. The lowest BCUT2D eigenvalue weighted by atomic mass is 9.93. The summed E-state index contributed by atoms with van der Waals surface area (Å²) >= 11 is 0. The molecule has 0 unspecified atom stereocenters. The fourth-order valence-electron chi connectivity index (χ4n) is 3.49. The van der Waals surface area contributed by atoms with E-state index in [4.69, 9.17) is 4.74 Å². The van der Waals surface area contributed by atoms with Crippen molar-refractivity contribution < 1.29 is 13.9 Å². The van der Waals surface area contributed by atoms with E-state index >= 15 is 0 Å². The highest BCUT2D eigenvalue weighted by molar-refractivity contribution is 5.99. The molecule has 2 aromatic heterocycles. The average Bonchev–Trinajstić information content (AvgIpc) is 3.21. The van der Waals surface area contributed by atoms with Crippen LogP contribution in [0, 0.1) is 5.82 Å². The van der Waals surface area contributed by atoms with Gasteiger partial charge in [-0.1, -0.05) is 6.58 Å².